The second-order valence-corrected chi connectivity index (χ2v) is 6.76. The summed E-state index contributed by atoms with van der Waals surface area (Å²) < 4.78 is 29.9. The van der Waals surface area contributed by atoms with E-state index in [9.17, 15) is 18.3 Å². The summed E-state index contributed by atoms with van der Waals surface area (Å²) in [7, 11) is -1.89. The third-order valence-corrected chi connectivity index (χ3v) is 4.07. The van der Waals surface area contributed by atoms with E-state index in [1.807, 2.05) is 0 Å². The van der Waals surface area contributed by atoms with Crippen LogP contribution >= 0.6 is 0 Å². The number of methoxy groups -OCH3 is 1. The Labute approximate surface area is 123 Å². The number of phenolic OH excluding ortho intramolecular Hbond substituents is 1. The maximum absolute atomic E-state index is 12.4. The van der Waals surface area contributed by atoms with Gasteiger partial charge in [-0.2, -0.15) is 0 Å². The second kappa shape index (κ2) is 5.90. The van der Waals surface area contributed by atoms with Crippen molar-refractivity contribution in [2.45, 2.75) is 12.5 Å². The minimum Gasteiger partial charge on any atom is -0.504 e. The van der Waals surface area contributed by atoms with Crippen molar-refractivity contribution in [2.75, 3.05) is 26.5 Å². The fraction of sp³-hybridized carbons (Fsp3) is 0.462. The van der Waals surface area contributed by atoms with Gasteiger partial charge < -0.3 is 14.7 Å². The first-order valence-electron chi connectivity index (χ1n) is 6.44. The standard InChI is InChI=1S/C13H18N2O5S/c1-20-11-5-3-4-10(12(11)16)13(17)15-7-6-9(8-15)14-21(2,18)19/h3-5,9,14,16H,6-8H2,1-2H3. The van der Waals surface area contributed by atoms with Gasteiger partial charge in [0.05, 0.1) is 18.9 Å². The maximum Gasteiger partial charge on any atom is 0.257 e. The molecule has 1 heterocycles. The van der Waals surface area contributed by atoms with Crippen molar-refractivity contribution in [1.82, 2.24) is 9.62 Å². The van der Waals surface area contributed by atoms with Gasteiger partial charge in [0.1, 0.15) is 0 Å². The van der Waals surface area contributed by atoms with Crippen LogP contribution in [0.3, 0.4) is 0 Å². The lowest BCUT2D eigenvalue weighted by molar-refractivity contribution is 0.0786. The van der Waals surface area contributed by atoms with Gasteiger partial charge in [0.15, 0.2) is 11.5 Å². The number of hydrogen-bond donors (Lipinski definition) is 2. The first-order chi connectivity index (χ1) is 9.81. The van der Waals surface area contributed by atoms with Crippen LogP contribution < -0.4 is 9.46 Å². The number of aromatic hydroxyl groups is 1. The lowest BCUT2D eigenvalue weighted by atomic mass is 10.1. The first-order valence-corrected chi connectivity index (χ1v) is 8.33. The number of para-hydroxylation sites is 1. The molecule has 1 amide bonds. The molecular formula is C13H18N2O5S. The van der Waals surface area contributed by atoms with Gasteiger partial charge in [-0.1, -0.05) is 6.07 Å². The van der Waals surface area contributed by atoms with E-state index in [0.717, 1.165) is 6.26 Å². The molecule has 1 aliphatic heterocycles. The zero-order valence-electron chi connectivity index (χ0n) is 11.9. The number of rotatable bonds is 4. The molecule has 0 aromatic heterocycles. The average molecular weight is 314 g/mol. The van der Waals surface area contributed by atoms with E-state index in [1.54, 1.807) is 12.1 Å². The van der Waals surface area contributed by atoms with Crippen LogP contribution in [0.25, 0.3) is 0 Å². The van der Waals surface area contributed by atoms with Gasteiger partial charge in [-0.25, -0.2) is 13.1 Å². The molecule has 1 aromatic rings. The van der Waals surface area contributed by atoms with Gasteiger partial charge in [0, 0.05) is 19.1 Å². The number of nitrogens with one attached hydrogen (secondary N) is 1. The summed E-state index contributed by atoms with van der Waals surface area (Å²) in [5.74, 6) is -0.320. The van der Waals surface area contributed by atoms with Gasteiger partial charge in [-0.3, -0.25) is 4.79 Å². The molecule has 1 fully saturated rings. The number of carbonyl (C=O) groups excluding carboxylic acids is 1. The lowest BCUT2D eigenvalue weighted by Crippen LogP contribution is -2.37. The number of likely N-dealkylation sites (tertiary alicyclic amines) is 1. The van der Waals surface area contributed by atoms with Gasteiger partial charge in [-0.05, 0) is 18.6 Å². The third kappa shape index (κ3) is 3.64. The highest BCUT2D eigenvalue weighted by Gasteiger charge is 2.30. The first kappa shape index (κ1) is 15.6. The molecule has 0 spiro atoms. The molecule has 0 saturated carbocycles. The third-order valence-electron chi connectivity index (χ3n) is 3.31. The molecule has 8 heteroatoms. The van der Waals surface area contributed by atoms with Crippen molar-refractivity contribution < 1.29 is 23.1 Å². The van der Waals surface area contributed by atoms with E-state index < -0.39 is 10.0 Å². The summed E-state index contributed by atoms with van der Waals surface area (Å²) in [4.78, 5) is 13.9. The van der Waals surface area contributed by atoms with Crippen LogP contribution in [-0.4, -0.2) is 56.8 Å². The van der Waals surface area contributed by atoms with Crippen molar-refractivity contribution in [2.24, 2.45) is 0 Å². The summed E-state index contributed by atoms with van der Waals surface area (Å²) in [6.45, 7) is 0.714. The molecule has 1 aliphatic rings. The topological polar surface area (TPSA) is 95.9 Å². The van der Waals surface area contributed by atoms with E-state index in [-0.39, 0.29) is 35.6 Å². The van der Waals surface area contributed by atoms with Crippen molar-refractivity contribution >= 4 is 15.9 Å². The SMILES string of the molecule is COc1cccc(C(=O)N2CCC(NS(C)(=O)=O)C2)c1O. The average Bonchev–Trinajstić information content (AvgIpc) is 2.84. The molecule has 0 radical (unpaired) electrons. The number of sulfonamides is 1. The van der Waals surface area contributed by atoms with Crippen LogP contribution in [0.4, 0.5) is 0 Å². The minimum atomic E-state index is -3.30. The Morgan fingerprint density at radius 1 is 1.48 bits per heavy atom. The maximum atomic E-state index is 12.4. The Morgan fingerprint density at radius 2 is 2.19 bits per heavy atom. The molecule has 116 valence electrons. The summed E-state index contributed by atoms with van der Waals surface area (Å²) in [6.07, 6.45) is 1.63. The van der Waals surface area contributed by atoms with Crippen LogP contribution in [0, 0.1) is 0 Å². The Morgan fingerprint density at radius 3 is 2.81 bits per heavy atom. The number of carbonyl (C=O) groups is 1. The fourth-order valence-electron chi connectivity index (χ4n) is 2.37. The quantitative estimate of drug-likeness (QED) is 0.825. The van der Waals surface area contributed by atoms with Crippen molar-refractivity contribution in [1.29, 1.82) is 0 Å². The van der Waals surface area contributed by atoms with E-state index >= 15 is 0 Å². The van der Waals surface area contributed by atoms with Crippen LogP contribution in [0.5, 0.6) is 11.5 Å². The zero-order valence-corrected chi connectivity index (χ0v) is 12.7. The molecule has 1 aromatic carbocycles. The predicted molar refractivity (Wildman–Crippen MR) is 76.9 cm³/mol. The molecule has 1 atom stereocenters. The van der Waals surface area contributed by atoms with Gasteiger partial charge >= 0.3 is 0 Å². The molecule has 2 rings (SSSR count). The number of ether oxygens (including phenoxy) is 1. The largest absolute Gasteiger partial charge is 0.504 e. The van der Waals surface area contributed by atoms with Crippen LogP contribution in [0.15, 0.2) is 18.2 Å². The second-order valence-electron chi connectivity index (χ2n) is 4.98. The Kier molecular flexibility index (Phi) is 4.38. The van der Waals surface area contributed by atoms with Gasteiger partial charge in [0.2, 0.25) is 10.0 Å². The number of amides is 1. The Hall–Kier alpha value is -1.80. The highest BCUT2D eigenvalue weighted by atomic mass is 32.2. The molecule has 1 unspecified atom stereocenters. The molecule has 1 saturated heterocycles. The molecule has 2 N–H and O–H groups in total. The summed E-state index contributed by atoms with van der Waals surface area (Å²) in [5.41, 5.74) is 0.148. The number of benzene rings is 1. The summed E-state index contributed by atoms with van der Waals surface area (Å²) in [6, 6.07) is 4.40. The van der Waals surface area contributed by atoms with Crippen LogP contribution in [0.2, 0.25) is 0 Å². The summed E-state index contributed by atoms with van der Waals surface area (Å²) in [5, 5.41) is 9.99. The van der Waals surface area contributed by atoms with Crippen LogP contribution in [0.1, 0.15) is 16.8 Å². The highest BCUT2D eigenvalue weighted by Crippen LogP contribution is 2.30. The van der Waals surface area contributed by atoms with Crippen molar-refractivity contribution in [3.8, 4) is 11.5 Å². The van der Waals surface area contributed by atoms with Gasteiger partial charge in [0.25, 0.3) is 5.91 Å². The normalized spacial score (nSPS) is 18.8. The van der Waals surface area contributed by atoms with E-state index in [4.69, 9.17) is 4.74 Å². The number of nitrogens with zero attached hydrogens (tertiary/aromatic N) is 1. The minimum absolute atomic E-state index is 0.148. The molecular weight excluding hydrogens is 296 g/mol. The number of phenols is 1. The van der Waals surface area contributed by atoms with Crippen molar-refractivity contribution in [3.63, 3.8) is 0 Å². The van der Waals surface area contributed by atoms with E-state index in [2.05, 4.69) is 4.72 Å². The number of hydrogen-bond acceptors (Lipinski definition) is 5. The zero-order chi connectivity index (χ0) is 15.6. The molecule has 0 bridgehead atoms. The van der Waals surface area contributed by atoms with Crippen molar-refractivity contribution in [3.05, 3.63) is 23.8 Å². The Balaban J connectivity index is 2.12. The monoisotopic (exact) mass is 314 g/mol. The fourth-order valence-corrected chi connectivity index (χ4v) is 3.17. The molecule has 7 nitrogen and oxygen atoms in total. The van der Waals surface area contributed by atoms with E-state index in [0.29, 0.717) is 13.0 Å². The summed E-state index contributed by atoms with van der Waals surface area (Å²) >= 11 is 0. The molecule has 21 heavy (non-hydrogen) atoms. The predicted octanol–water partition coefficient (Wildman–Crippen LogP) is 0.164. The molecule has 0 aliphatic carbocycles. The smallest absolute Gasteiger partial charge is 0.257 e. The van der Waals surface area contributed by atoms with E-state index in [1.165, 1.54) is 18.1 Å². The lowest BCUT2D eigenvalue weighted by Gasteiger charge is -2.18. The highest BCUT2D eigenvalue weighted by molar-refractivity contribution is 7.88. The van der Waals surface area contributed by atoms with Crippen LogP contribution in [-0.2, 0) is 10.0 Å². The van der Waals surface area contributed by atoms with Gasteiger partial charge in [-0.15, -0.1) is 0 Å². The Bertz CT molecular complexity index is 644.